The van der Waals surface area contributed by atoms with E-state index in [1.165, 1.54) is 0 Å². The van der Waals surface area contributed by atoms with Crippen molar-refractivity contribution in [3.63, 3.8) is 0 Å². The highest BCUT2D eigenvalue weighted by atomic mass is 35.5. The van der Waals surface area contributed by atoms with Crippen LogP contribution < -0.4 is 0 Å². The molecule has 36 heavy (non-hydrogen) atoms. The van der Waals surface area contributed by atoms with E-state index in [0.717, 1.165) is 56.6 Å². The second-order valence-corrected chi connectivity index (χ2v) is 10.8. The molecule has 3 heterocycles. The van der Waals surface area contributed by atoms with Crippen molar-refractivity contribution in [2.75, 3.05) is 26.7 Å². The average molecular weight is 514 g/mol. The maximum absolute atomic E-state index is 13.7. The van der Waals surface area contributed by atoms with Gasteiger partial charge in [-0.1, -0.05) is 50.4 Å². The van der Waals surface area contributed by atoms with E-state index in [1.807, 2.05) is 36.2 Å². The molecular weight excluding hydrogens is 474 g/mol. The molecule has 196 valence electrons. The second kappa shape index (κ2) is 12.2. The van der Waals surface area contributed by atoms with E-state index in [9.17, 15) is 9.59 Å². The molecule has 4 atom stereocenters. The number of benzene rings is 1. The summed E-state index contributed by atoms with van der Waals surface area (Å²) in [6.45, 7) is 7.43. The fourth-order valence-corrected chi connectivity index (χ4v) is 6.34. The first-order valence-electron chi connectivity index (χ1n) is 13.4. The number of hydrogen-bond donors (Lipinski definition) is 1. The Hall–Kier alpha value is -2.38. The van der Waals surface area contributed by atoms with Crippen LogP contribution in [0.3, 0.4) is 0 Å². The summed E-state index contributed by atoms with van der Waals surface area (Å²) in [4.78, 5) is 40.5. The summed E-state index contributed by atoms with van der Waals surface area (Å²) >= 11 is 6.17. The lowest BCUT2D eigenvalue weighted by Crippen LogP contribution is -2.52. The SMILES string of the molecule is CC[C@H]1CCN(C[C@@H]2[C@@H](CC)CCN2C(=O)CCc2cnc[nH]2)[C@@H]1C(=O)N(C)Cc1cccc(Cl)c1. The predicted molar refractivity (Wildman–Crippen MR) is 142 cm³/mol. The van der Waals surface area contributed by atoms with Gasteiger partial charge in [0.2, 0.25) is 11.8 Å². The molecule has 2 fully saturated rings. The van der Waals surface area contributed by atoms with Crippen LogP contribution in [0.1, 0.15) is 57.2 Å². The van der Waals surface area contributed by atoms with Crippen LogP contribution in [-0.2, 0) is 22.6 Å². The summed E-state index contributed by atoms with van der Waals surface area (Å²) in [5.41, 5.74) is 2.02. The van der Waals surface area contributed by atoms with Crippen molar-refractivity contribution in [2.45, 2.75) is 71.0 Å². The highest BCUT2D eigenvalue weighted by Gasteiger charge is 2.44. The summed E-state index contributed by atoms with van der Waals surface area (Å²) in [6, 6.07) is 7.73. The molecule has 4 rings (SSSR count). The van der Waals surface area contributed by atoms with Crippen LogP contribution in [0.4, 0.5) is 0 Å². The lowest BCUT2D eigenvalue weighted by atomic mass is 9.94. The second-order valence-electron chi connectivity index (χ2n) is 10.4. The van der Waals surface area contributed by atoms with Gasteiger partial charge in [-0.2, -0.15) is 0 Å². The van der Waals surface area contributed by atoms with E-state index in [1.54, 1.807) is 12.5 Å². The number of amides is 2. The third kappa shape index (κ3) is 6.12. The highest BCUT2D eigenvalue weighted by Crippen LogP contribution is 2.34. The molecule has 2 amide bonds. The van der Waals surface area contributed by atoms with Crippen molar-refractivity contribution in [2.24, 2.45) is 11.8 Å². The smallest absolute Gasteiger partial charge is 0.240 e. The number of imidazole rings is 1. The van der Waals surface area contributed by atoms with Crippen LogP contribution in [0.2, 0.25) is 5.02 Å². The number of aromatic amines is 1. The van der Waals surface area contributed by atoms with Gasteiger partial charge in [-0.3, -0.25) is 14.5 Å². The van der Waals surface area contributed by atoms with Gasteiger partial charge in [0.1, 0.15) is 0 Å². The molecule has 2 saturated heterocycles. The number of rotatable bonds is 10. The minimum absolute atomic E-state index is 0.140. The van der Waals surface area contributed by atoms with E-state index >= 15 is 0 Å². The molecular formula is C28H40ClN5O2. The zero-order valence-electron chi connectivity index (χ0n) is 21.8. The summed E-state index contributed by atoms with van der Waals surface area (Å²) < 4.78 is 0. The Morgan fingerprint density at radius 1 is 1.17 bits per heavy atom. The van der Waals surface area contributed by atoms with E-state index in [4.69, 9.17) is 11.6 Å². The average Bonchev–Trinajstić information content (AvgIpc) is 3.62. The fraction of sp³-hybridized carbons (Fsp3) is 0.607. The van der Waals surface area contributed by atoms with Gasteiger partial charge in [0.25, 0.3) is 0 Å². The van der Waals surface area contributed by atoms with Gasteiger partial charge in [-0.15, -0.1) is 0 Å². The zero-order valence-corrected chi connectivity index (χ0v) is 22.6. The molecule has 2 aliphatic rings. The molecule has 2 aliphatic heterocycles. The molecule has 2 aromatic rings. The largest absolute Gasteiger partial charge is 0.348 e. The molecule has 0 spiro atoms. The normalized spacial score (nSPS) is 24.4. The number of halogens is 1. The molecule has 0 saturated carbocycles. The topological polar surface area (TPSA) is 72.5 Å². The Morgan fingerprint density at radius 3 is 2.64 bits per heavy atom. The Balaban J connectivity index is 1.45. The predicted octanol–water partition coefficient (Wildman–Crippen LogP) is 4.38. The molecule has 1 aromatic carbocycles. The minimum atomic E-state index is -0.140. The number of aromatic nitrogens is 2. The van der Waals surface area contributed by atoms with E-state index in [2.05, 4.69) is 33.6 Å². The van der Waals surface area contributed by atoms with Gasteiger partial charge in [0, 0.05) is 56.1 Å². The summed E-state index contributed by atoms with van der Waals surface area (Å²) in [6.07, 6.45) is 8.69. The molecule has 0 aliphatic carbocycles. The zero-order chi connectivity index (χ0) is 25.7. The fourth-order valence-electron chi connectivity index (χ4n) is 6.13. The molecule has 0 bridgehead atoms. The van der Waals surface area contributed by atoms with Gasteiger partial charge in [-0.05, 0) is 55.3 Å². The first-order chi connectivity index (χ1) is 17.4. The van der Waals surface area contributed by atoms with E-state index < -0.39 is 0 Å². The van der Waals surface area contributed by atoms with Crippen molar-refractivity contribution in [1.82, 2.24) is 24.7 Å². The van der Waals surface area contributed by atoms with Gasteiger partial charge in [0.05, 0.1) is 12.4 Å². The Kier molecular flexibility index (Phi) is 9.07. The number of H-pyrrole nitrogens is 1. The maximum atomic E-state index is 13.7. The van der Waals surface area contributed by atoms with Crippen LogP contribution >= 0.6 is 11.6 Å². The van der Waals surface area contributed by atoms with E-state index in [0.29, 0.717) is 36.2 Å². The van der Waals surface area contributed by atoms with Gasteiger partial charge < -0.3 is 14.8 Å². The Bertz CT molecular complexity index is 1010. The van der Waals surface area contributed by atoms with Crippen LogP contribution in [0.15, 0.2) is 36.8 Å². The highest BCUT2D eigenvalue weighted by molar-refractivity contribution is 6.30. The van der Waals surface area contributed by atoms with Crippen LogP contribution in [-0.4, -0.2) is 75.2 Å². The lowest BCUT2D eigenvalue weighted by Gasteiger charge is -2.36. The Morgan fingerprint density at radius 2 is 1.94 bits per heavy atom. The lowest BCUT2D eigenvalue weighted by molar-refractivity contribution is -0.137. The molecule has 0 radical (unpaired) electrons. The van der Waals surface area contributed by atoms with Crippen molar-refractivity contribution in [1.29, 1.82) is 0 Å². The molecule has 0 unspecified atom stereocenters. The van der Waals surface area contributed by atoms with Gasteiger partial charge in [0.15, 0.2) is 0 Å². The third-order valence-electron chi connectivity index (χ3n) is 8.20. The summed E-state index contributed by atoms with van der Waals surface area (Å²) in [5, 5.41) is 0.686. The number of likely N-dealkylation sites (N-methyl/N-ethyl adjacent to an activating group) is 1. The summed E-state index contributed by atoms with van der Waals surface area (Å²) in [7, 11) is 1.89. The standard InChI is InChI=1S/C28H40ClN5O2/c1-4-21-12-14-34(26(35)10-9-24-16-30-19-31-24)25(21)18-33-13-11-22(5-2)27(33)28(36)32(3)17-20-7-6-8-23(29)15-20/h6-8,15-16,19,21-22,25,27H,4-5,9-14,17-18H2,1-3H3,(H,30,31)/t21-,22-,25+,27-/m0/s1. The number of aryl methyl sites for hydroxylation is 1. The van der Waals surface area contributed by atoms with Crippen molar-refractivity contribution < 1.29 is 9.59 Å². The molecule has 1 aromatic heterocycles. The van der Waals surface area contributed by atoms with Crippen molar-refractivity contribution >= 4 is 23.4 Å². The monoisotopic (exact) mass is 513 g/mol. The number of carbonyl (C=O) groups is 2. The number of nitrogens with one attached hydrogen (secondary N) is 1. The first kappa shape index (κ1) is 26.7. The third-order valence-corrected chi connectivity index (χ3v) is 8.44. The minimum Gasteiger partial charge on any atom is -0.348 e. The number of hydrogen-bond acceptors (Lipinski definition) is 4. The quantitative estimate of drug-likeness (QED) is 0.511. The first-order valence-corrected chi connectivity index (χ1v) is 13.8. The van der Waals surface area contributed by atoms with Gasteiger partial charge in [-0.25, -0.2) is 4.98 Å². The summed E-state index contributed by atoms with van der Waals surface area (Å²) in [5.74, 6) is 1.19. The number of carbonyl (C=O) groups excluding carboxylic acids is 2. The van der Waals surface area contributed by atoms with Crippen LogP contribution in [0.5, 0.6) is 0 Å². The van der Waals surface area contributed by atoms with Crippen LogP contribution in [0, 0.1) is 11.8 Å². The van der Waals surface area contributed by atoms with Crippen LogP contribution in [0.25, 0.3) is 0 Å². The number of likely N-dealkylation sites (tertiary alicyclic amines) is 2. The van der Waals surface area contributed by atoms with Crippen molar-refractivity contribution in [3.05, 3.63) is 53.1 Å². The molecule has 1 N–H and O–H groups in total. The molecule has 7 nitrogen and oxygen atoms in total. The Labute approximate surface area is 220 Å². The molecule has 8 heteroatoms. The van der Waals surface area contributed by atoms with Gasteiger partial charge >= 0.3 is 0 Å². The maximum Gasteiger partial charge on any atom is 0.240 e. The van der Waals surface area contributed by atoms with Crippen molar-refractivity contribution in [3.8, 4) is 0 Å². The van der Waals surface area contributed by atoms with E-state index in [-0.39, 0.29) is 23.9 Å². The number of nitrogens with zero attached hydrogens (tertiary/aromatic N) is 4.